The molecule has 154 valence electrons. The first-order valence-corrected chi connectivity index (χ1v) is 9.28. The van der Waals surface area contributed by atoms with Crippen LogP contribution in [0.5, 0.6) is 5.75 Å². The highest BCUT2D eigenvalue weighted by Gasteiger charge is 2.10. The van der Waals surface area contributed by atoms with E-state index in [-0.39, 0.29) is 18.3 Å². The van der Waals surface area contributed by atoms with Gasteiger partial charge in [0.15, 0.2) is 5.96 Å². The summed E-state index contributed by atoms with van der Waals surface area (Å²) in [5.41, 5.74) is 0.573. The number of hydrogen-bond donors (Lipinski definition) is 3. The summed E-state index contributed by atoms with van der Waals surface area (Å²) in [7, 11) is 0. The number of rotatable bonds is 10. The molecule has 0 amide bonds. The number of furan rings is 1. The Balaban J connectivity index is 1.93. The highest BCUT2D eigenvalue weighted by Crippen LogP contribution is 2.19. The van der Waals surface area contributed by atoms with Gasteiger partial charge in [0, 0.05) is 19.0 Å². The first kappa shape index (κ1) is 21.7. The van der Waals surface area contributed by atoms with Gasteiger partial charge >= 0.3 is 6.61 Å². The zero-order valence-corrected chi connectivity index (χ0v) is 16.1. The Morgan fingerprint density at radius 2 is 2.00 bits per heavy atom. The molecule has 3 N–H and O–H groups in total. The van der Waals surface area contributed by atoms with Crippen molar-refractivity contribution in [3.63, 3.8) is 0 Å². The minimum Gasteiger partial charge on any atom is -0.469 e. The van der Waals surface area contributed by atoms with Crippen LogP contribution in [0.2, 0.25) is 0 Å². The van der Waals surface area contributed by atoms with E-state index in [1.165, 1.54) is 12.1 Å². The van der Waals surface area contributed by atoms with E-state index in [0.29, 0.717) is 24.5 Å². The summed E-state index contributed by atoms with van der Waals surface area (Å²) in [5.74, 6) is 1.52. The Labute approximate surface area is 163 Å². The minimum atomic E-state index is -2.87. The Morgan fingerprint density at radius 3 is 2.61 bits per heavy atom. The van der Waals surface area contributed by atoms with Gasteiger partial charge in [-0.3, -0.25) is 4.99 Å². The molecule has 0 bridgehead atoms. The van der Waals surface area contributed by atoms with E-state index in [1.807, 2.05) is 19.1 Å². The molecule has 1 aromatic carbocycles. The molecule has 0 radical (unpaired) electrons. The molecule has 28 heavy (non-hydrogen) atoms. The van der Waals surface area contributed by atoms with Gasteiger partial charge in [0.25, 0.3) is 0 Å². The first-order chi connectivity index (χ1) is 13.5. The highest BCUT2D eigenvalue weighted by atomic mass is 19.3. The van der Waals surface area contributed by atoms with Crippen LogP contribution in [0.1, 0.15) is 37.7 Å². The van der Waals surface area contributed by atoms with Crippen molar-refractivity contribution in [2.75, 3.05) is 13.1 Å². The van der Waals surface area contributed by atoms with Crippen molar-refractivity contribution >= 4 is 5.96 Å². The topological polar surface area (TPSA) is 79.0 Å². The zero-order valence-electron chi connectivity index (χ0n) is 16.1. The molecule has 2 unspecified atom stereocenters. The lowest BCUT2D eigenvalue weighted by molar-refractivity contribution is -0.0498. The standard InChI is InChI=1S/C20H27F2N3O3/c1-3-14(2)25-20(23-11-10-16-5-4-12-27-16)24-13-18(26)15-6-8-17(9-7-15)28-19(21)22/h4-9,12,14,18-19,26H,3,10-11,13H2,1-2H3,(H2,23,24,25). The lowest BCUT2D eigenvalue weighted by Gasteiger charge is -2.18. The third kappa shape index (κ3) is 7.56. The minimum absolute atomic E-state index is 0.0492. The van der Waals surface area contributed by atoms with Gasteiger partial charge < -0.3 is 24.9 Å². The van der Waals surface area contributed by atoms with Gasteiger partial charge in [-0.15, -0.1) is 0 Å². The second kappa shape index (κ2) is 11.3. The summed E-state index contributed by atoms with van der Waals surface area (Å²) in [4.78, 5) is 4.44. The third-order valence-corrected chi connectivity index (χ3v) is 4.15. The van der Waals surface area contributed by atoms with E-state index in [4.69, 9.17) is 4.42 Å². The number of aliphatic hydroxyl groups is 1. The van der Waals surface area contributed by atoms with Crippen molar-refractivity contribution in [2.24, 2.45) is 4.99 Å². The lowest BCUT2D eigenvalue weighted by atomic mass is 10.1. The van der Waals surface area contributed by atoms with E-state index >= 15 is 0 Å². The first-order valence-electron chi connectivity index (χ1n) is 9.28. The maximum atomic E-state index is 12.2. The van der Waals surface area contributed by atoms with Crippen LogP contribution in [0.15, 0.2) is 52.1 Å². The average molecular weight is 395 g/mol. The molecule has 0 saturated heterocycles. The number of alkyl halides is 2. The molecule has 1 aromatic heterocycles. The second-order valence-electron chi connectivity index (χ2n) is 6.36. The number of benzene rings is 1. The number of aliphatic hydroxyl groups excluding tert-OH is 1. The molecule has 0 fully saturated rings. The molecule has 0 saturated carbocycles. The summed E-state index contributed by atoms with van der Waals surface area (Å²) in [5, 5.41) is 16.8. The summed E-state index contributed by atoms with van der Waals surface area (Å²) in [6.07, 6.45) is 2.41. The van der Waals surface area contributed by atoms with E-state index < -0.39 is 12.7 Å². The van der Waals surface area contributed by atoms with Gasteiger partial charge in [-0.1, -0.05) is 19.1 Å². The maximum Gasteiger partial charge on any atom is 0.387 e. The van der Waals surface area contributed by atoms with E-state index in [1.54, 1.807) is 18.4 Å². The summed E-state index contributed by atoms with van der Waals surface area (Å²) in [6, 6.07) is 9.86. The highest BCUT2D eigenvalue weighted by molar-refractivity contribution is 5.80. The second-order valence-corrected chi connectivity index (χ2v) is 6.36. The smallest absolute Gasteiger partial charge is 0.387 e. The maximum absolute atomic E-state index is 12.2. The third-order valence-electron chi connectivity index (χ3n) is 4.15. The largest absolute Gasteiger partial charge is 0.469 e. The van der Waals surface area contributed by atoms with Crippen LogP contribution in [0.4, 0.5) is 8.78 Å². The van der Waals surface area contributed by atoms with Gasteiger partial charge in [-0.25, -0.2) is 0 Å². The van der Waals surface area contributed by atoms with Crippen LogP contribution in [-0.4, -0.2) is 36.8 Å². The van der Waals surface area contributed by atoms with Gasteiger partial charge in [0.2, 0.25) is 0 Å². The van der Waals surface area contributed by atoms with Crippen molar-refractivity contribution in [3.8, 4) is 5.75 Å². The predicted molar refractivity (Wildman–Crippen MR) is 104 cm³/mol. The summed E-state index contributed by atoms with van der Waals surface area (Å²) < 4.78 is 34.0. The molecule has 1 heterocycles. The number of halogens is 2. The average Bonchev–Trinajstić information content (AvgIpc) is 3.19. The van der Waals surface area contributed by atoms with Gasteiger partial charge in [-0.05, 0) is 43.2 Å². The number of aliphatic imine (C=N–C) groups is 1. The van der Waals surface area contributed by atoms with Gasteiger partial charge in [0.1, 0.15) is 11.5 Å². The zero-order chi connectivity index (χ0) is 20.4. The predicted octanol–water partition coefficient (Wildman–Crippen LogP) is 3.49. The molecular weight excluding hydrogens is 368 g/mol. The molecule has 0 spiro atoms. The number of nitrogens with one attached hydrogen (secondary N) is 2. The van der Waals surface area contributed by atoms with E-state index in [2.05, 4.69) is 27.3 Å². The number of nitrogens with zero attached hydrogens (tertiary/aromatic N) is 1. The van der Waals surface area contributed by atoms with Crippen LogP contribution < -0.4 is 15.4 Å². The fourth-order valence-electron chi connectivity index (χ4n) is 2.40. The SMILES string of the molecule is CCC(C)NC(=NCC(O)c1ccc(OC(F)F)cc1)NCCc1ccco1. The Kier molecular flexibility index (Phi) is 8.74. The van der Waals surface area contributed by atoms with Crippen molar-refractivity contribution in [2.45, 2.75) is 45.4 Å². The molecule has 6 nitrogen and oxygen atoms in total. The van der Waals surface area contributed by atoms with E-state index in [0.717, 1.165) is 12.2 Å². The van der Waals surface area contributed by atoms with E-state index in [9.17, 15) is 13.9 Å². The van der Waals surface area contributed by atoms with Crippen molar-refractivity contribution in [3.05, 3.63) is 54.0 Å². The number of hydrogen-bond acceptors (Lipinski definition) is 4. The van der Waals surface area contributed by atoms with Crippen LogP contribution in [0.25, 0.3) is 0 Å². The fourth-order valence-corrected chi connectivity index (χ4v) is 2.40. The monoisotopic (exact) mass is 395 g/mol. The van der Waals surface area contributed by atoms with Crippen LogP contribution >= 0.6 is 0 Å². The van der Waals surface area contributed by atoms with Gasteiger partial charge in [-0.2, -0.15) is 8.78 Å². The van der Waals surface area contributed by atoms with Crippen LogP contribution in [-0.2, 0) is 6.42 Å². The molecule has 2 rings (SSSR count). The molecular formula is C20H27F2N3O3. The molecule has 0 aliphatic carbocycles. The summed E-state index contributed by atoms with van der Waals surface area (Å²) in [6.45, 7) is 1.99. The number of guanidine groups is 1. The van der Waals surface area contributed by atoms with Crippen molar-refractivity contribution in [1.82, 2.24) is 10.6 Å². The lowest BCUT2D eigenvalue weighted by Crippen LogP contribution is -2.43. The van der Waals surface area contributed by atoms with Crippen molar-refractivity contribution in [1.29, 1.82) is 0 Å². The van der Waals surface area contributed by atoms with Crippen LogP contribution in [0, 0.1) is 0 Å². The Bertz CT molecular complexity index is 706. The Hall–Kier alpha value is -2.61. The fraction of sp³-hybridized carbons (Fsp3) is 0.450. The molecule has 8 heteroatoms. The number of ether oxygens (including phenoxy) is 1. The molecule has 2 atom stereocenters. The van der Waals surface area contributed by atoms with Crippen molar-refractivity contribution < 1.29 is 23.0 Å². The van der Waals surface area contributed by atoms with Gasteiger partial charge in [0.05, 0.1) is 18.9 Å². The molecule has 2 aromatic rings. The van der Waals surface area contributed by atoms with Crippen LogP contribution in [0.3, 0.4) is 0 Å². The molecule has 0 aliphatic rings. The summed E-state index contributed by atoms with van der Waals surface area (Å²) >= 11 is 0. The quantitative estimate of drug-likeness (QED) is 0.424. The molecule has 0 aliphatic heterocycles. The Morgan fingerprint density at radius 1 is 1.25 bits per heavy atom. The normalized spacial score (nSPS) is 14.0.